The lowest BCUT2D eigenvalue weighted by Gasteiger charge is -2.35. The van der Waals surface area contributed by atoms with Crippen LogP contribution in [0.3, 0.4) is 0 Å². The van der Waals surface area contributed by atoms with Crippen LogP contribution in [0.2, 0.25) is 0 Å². The number of nitrogens with zero attached hydrogens (tertiary/aromatic N) is 1. The molecule has 3 N–H and O–H groups in total. The second kappa shape index (κ2) is 9.19. The van der Waals surface area contributed by atoms with Gasteiger partial charge in [0.25, 0.3) is 0 Å². The molecule has 0 heterocycles. The first-order valence-corrected chi connectivity index (χ1v) is 8.37. The highest BCUT2D eigenvalue weighted by Crippen LogP contribution is 2.26. The summed E-state index contributed by atoms with van der Waals surface area (Å²) < 4.78 is 10.0. The molecule has 8 nitrogen and oxygen atoms in total. The minimum Gasteiger partial charge on any atom is -0.465 e. The highest BCUT2D eigenvalue weighted by atomic mass is 16.6. The number of ether oxygens (including phenoxy) is 2. The van der Waals surface area contributed by atoms with Gasteiger partial charge in [-0.25, -0.2) is 4.79 Å². The van der Waals surface area contributed by atoms with Crippen molar-refractivity contribution in [1.82, 2.24) is 10.4 Å². The van der Waals surface area contributed by atoms with Crippen molar-refractivity contribution in [3.05, 3.63) is 0 Å². The summed E-state index contributed by atoms with van der Waals surface area (Å²) in [7, 11) is 0. The fourth-order valence-corrected chi connectivity index (χ4v) is 2.74. The summed E-state index contributed by atoms with van der Waals surface area (Å²) in [4.78, 5) is 23.2. The van der Waals surface area contributed by atoms with E-state index in [0.717, 1.165) is 5.06 Å². The number of nitrogens with one attached hydrogen (secondary N) is 1. The van der Waals surface area contributed by atoms with E-state index >= 15 is 0 Å². The predicted octanol–water partition coefficient (Wildman–Crippen LogP) is 1.29. The average molecular weight is 346 g/mol. The maximum Gasteiger partial charge on any atom is 0.407 e. The second-order valence-corrected chi connectivity index (χ2v) is 7.14. The summed E-state index contributed by atoms with van der Waals surface area (Å²) >= 11 is 0. The molecule has 0 aliphatic heterocycles. The smallest absolute Gasteiger partial charge is 0.407 e. The van der Waals surface area contributed by atoms with Gasteiger partial charge in [-0.1, -0.05) is 0 Å². The zero-order valence-corrected chi connectivity index (χ0v) is 14.9. The normalized spacial score (nSPS) is 24.5. The third-order valence-corrected chi connectivity index (χ3v) is 3.73. The lowest BCUT2D eigenvalue weighted by atomic mass is 9.83. The Morgan fingerprint density at radius 3 is 2.54 bits per heavy atom. The van der Waals surface area contributed by atoms with Crippen molar-refractivity contribution in [2.75, 3.05) is 19.7 Å². The van der Waals surface area contributed by atoms with Crippen LogP contribution in [-0.4, -0.2) is 64.9 Å². The summed E-state index contributed by atoms with van der Waals surface area (Å²) in [5.41, 5.74) is -0.570. The molecule has 0 aromatic carbocycles. The molecule has 1 saturated carbocycles. The van der Waals surface area contributed by atoms with E-state index in [-0.39, 0.29) is 31.7 Å². The van der Waals surface area contributed by atoms with Gasteiger partial charge in [-0.2, -0.15) is 5.06 Å². The van der Waals surface area contributed by atoms with E-state index in [4.69, 9.17) is 9.47 Å². The van der Waals surface area contributed by atoms with Crippen molar-refractivity contribution in [1.29, 1.82) is 0 Å². The quantitative estimate of drug-likeness (QED) is 0.491. The van der Waals surface area contributed by atoms with Gasteiger partial charge in [0.15, 0.2) is 0 Å². The van der Waals surface area contributed by atoms with Crippen LogP contribution in [0, 0.1) is 5.92 Å². The topological polar surface area (TPSA) is 108 Å². The molecule has 1 fully saturated rings. The summed E-state index contributed by atoms with van der Waals surface area (Å²) in [6.07, 6.45) is 0.576. The zero-order chi connectivity index (χ0) is 18.3. The number of hydroxylamine groups is 2. The van der Waals surface area contributed by atoms with Crippen molar-refractivity contribution in [3.63, 3.8) is 0 Å². The highest BCUT2D eigenvalue weighted by molar-refractivity contribution is 5.71. The van der Waals surface area contributed by atoms with Crippen LogP contribution in [0.25, 0.3) is 0 Å². The van der Waals surface area contributed by atoms with Crippen LogP contribution >= 0.6 is 0 Å². The minimum absolute atomic E-state index is 0.131. The van der Waals surface area contributed by atoms with Crippen molar-refractivity contribution < 1.29 is 29.4 Å². The van der Waals surface area contributed by atoms with Gasteiger partial charge < -0.3 is 25.1 Å². The minimum atomic E-state index is -0.585. The molecule has 0 aromatic rings. The molecular weight excluding hydrogens is 316 g/mol. The molecule has 1 aliphatic rings. The Morgan fingerprint density at radius 2 is 1.96 bits per heavy atom. The lowest BCUT2D eigenvalue weighted by Crippen LogP contribution is -2.47. The molecule has 0 radical (unpaired) electrons. The molecule has 0 saturated heterocycles. The molecule has 3 unspecified atom stereocenters. The van der Waals surface area contributed by atoms with E-state index in [1.165, 1.54) is 0 Å². The van der Waals surface area contributed by atoms with Gasteiger partial charge in [0.1, 0.15) is 12.1 Å². The molecule has 24 heavy (non-hydrogen) atoms. The number of esters is 1. The summed E-state index contributed by atoms with van der Waals surface area (Å²) in [6.45, 7) is 7.20. The number of aliphatic hydroxyl groups excluding tert-OH is 1. The Bertz CT molecular complexity index is 423. The maximum absolute atomic E-state index is 11.8. The summed E-state index contributed by atoms with van der Waals surface area (Å²) in [6, 6.07) is -0.135. The van der Waals surface area contributed by atoms with E-state index in [0.29, 0.717) is 19.3 Å². The first kappa shape index (κ1) is 20.7. The molecule has 8 heteroatoms. The molecule has 0 bridgehead atoms. The third-order valence-electron chi connectivity index (χ3n) is 3.73. The largest absolute Gasteiger partial charge is 0.465 e. The van der Waals surface area contributed by atoms with Gasteiger partial charge in [-0.15, -0.1) is 0 Å². The van der Waals surface area contributed by atoms with Crippen LogP contribution < -0.4 is 5.32 Å². The van der Waals surface area contributed by atoms with Crippen LogP contribution in [0.1, 0.15) is 47.0 Å². The molecule has 140 valence electrons. The predicted molar refractivity (Wildman–Crippen MR) is 86.5 cm³/mol. The van der Waals surface area contributed by atoms with Gasteiger partial charge in [0.2, 0.25) is 0 Å². The first-order chi connectivity index (χ1) is 11.1. The van der Waals surface area contributed by atoms with Crippen LogP contribution in [-0.2, 0) is 14.3 Å². The number of alkyl carbamates (subject to hydrolysis) is 1. The Balaban J connectivity index is 2.47. The van der Waals surface area contributed by atoms with E-state index in [9.17, 15) is 19.9 Å². The molecule has 1 amide bonds. The van der Waals surface area contributed by atoms with Crippen molar-refractivity contribution >= 4 is 12.1 Å². The maximum atomic E-state index is 11.8. The van der Waals surface area contributed by atoms with Crippen molar-refractivity contribution in [3.8, 4) is 0 Å². The number of carbonyl (C=O) groups excluding carboxylic acids is 2. The molecular formula is C16H30N2O6. The molecule has 3 atom stereocenters. The van der Waals surface area contributed by atoms with E-state index < -0.39 is 23.8 Å². The second-order valence-electron chi connectivity index (χ2n) is 7.14. The number of rotatable bonds is 6. The molecule has 0 spiro atoms. The first-order valence-electron chi connectivity index (χ1n) is 8.37. The Morgan fingerprint density at radius 1 is 1.29 bits per heavy atom. The Hall–Kier alpha value is -1.38. The monoisotopic (exact) mass is 346 g/mol. The number of amides is 1. The SMILES string of the molecule is CCOC(=O)CN(O)CC1CC(NC(=O)OC(C)(C)C)CCC1O. The van der Waals surface area contributed by atoms with Gasteiger partial charge in [-0.05, 0) is 47.0 Å². The van der Waals surface area contributed by atoms with Gasteiger partial charge in [0.05, 0.1) is 12.7 Å². The molecule has 1 aliphatic carbocycles. The molecule has 1 rings (SSSR count). The van der Waals surface area contributed by atoms with Crippen molar-refractivity contribution in [2.45, 2.75) is 64.7 Å². The van der Waals surface area contributed by atoms with Gasteiger partial charge >= 0.3 is 12.1 Å². The fraction of sp³-hybridized carbons (Fsp3) is 0.875. The van der Waals surface area contributed by atoms with Crippen LogP contribution in [0.15, 0.2) is 0 Å². The highest BCUT2D eigenvalue weighted by Gasteiger charge is 2.32. The third kappa shape index (κ3) is 7.94. The summed E-state index contributed by atoms with van der Waals surface area (Å²) in [5.74, 6) is -0.771. The Kier molecular flexibility index (Phi) is 7.92. The van der Waals surface area contributed by atoms with E-state index in [1.807, 2.05) is 0 Å². The van der Waals surface area contributed by atoms with Crippen molar-refractivity contribution in [2.24, 2.45) is 5.92 Å². The number of carbonyl (C=O) groups is 2. The fourth-order valence-electron chi connectivity index (χ4n) is 2.74. The average Bonchev–Trinajstić information content (AvgIpc) is 2.40. The summed E-state index contributed by atoms with van der Waals surface area (Å²) in [5, 5.41) is 23.6. The van der Waals surface area contributed by atoms with Gasteiger partial charge in [0, 0.05) is 18.5 Å². The standard InChI is InChI=1S/C16H30N2O6/c1-5-23-14(20)10-18(22)9-11-8-12(6-7-13(11)19)17-15(21)24-16(2,3)4/h11-13,19,22H,5-10H2,1-4H3,(H,17,21). The molecule has 0 aromatic heterocycles. The number of hydrogen-bond donors (Lipinski definition) is 3. The zero-order valence-electron chi connectivity index (χ0n) is 14.9. The lowest BCUT2D eigenvalue weighted by molar-refractivity contribution is -0.163. The Labute approximate surface area is 143 Å². The van der Waals surface area contributed by atoms with Crippen LogP contribution in [0.4, 0.5) is 4.79 Å². The number of hydrogen-bond acceptors (Lipinski definition) is 7. The van der Waals surface area contributed by atoms with Gasteiger partial charge in [-0.3, -0.25) is 4.79 Å². The van der Waals surface area contributed by atoms with E-state index in [1.54, 1.807) is 27.7 Å². The number of aliphatic hydroxyl groups is 1. The van der Waals surface area contributed by atoms with Crippen LogP contribution in [0.5, 0.6) is 0 Å². The van der Waals surface area contributed by atoms with E-state index in [2.05, 4.69) is 5.32 Å².